The Balaban J connectivity index is 2.28. The van der Waals surface area contributed by atoms with Gasteiger partial charge in [-0.15, -0.1) is 0 Å². The van der Waals surface area contributed by atoms with Crippen LogP contribution >= 0.6 is 22.6 Å². The van der Waals surface area contributed by atoms with Gasteiger partial charge in [-0.2, -0.15) is 22.0 Å². The van der Waals surface area contributed by atoms with Crippen LogP contribution in [0.15, 0.2) is 23.2 Å². The Hall–Kier alpha value is -1.77. The second kappa shape index (κ2) is 6.89. The van der Waals surface area contributed by atoms with Gasteiger partial charge in [0.05, 0.1) is 10.6 Å². The number of hydrogen-bond acceptors (Lipinski definition) is 4. The summed E-state index contributed by atoms with van der Waals surface area (Å²) in [5.41, 5.74) is -1.43. The molecule has 0 spiro atoms. The van der Waals surface area contributed by atoms with Gasteiger partial charge in [-0.3, -0.25) is 4.98 Å². The number of hydrogen-bond donors (Lipinski definition) is 0. The SMILES string of the molecule is CCS(=O)(=O)c1cc(I)cnc1-c1nc2cc(C(F)(F)C(F)(F)F)n(C)c2n1C. The Bertz CT molecular complexity index is 1210. The third-order valence-electron chi connectivity index (χ3n) is 4.47. The van der Waals surface area contributed by atoms with Crippen LogP contribution in [0, 0.1) is 3.57 Å². The van der Waals surface area contributed by atoms with Crippen molar-refractivity contribution in [2.45, 2.75) is 23.9 Å². The summed E-state index contributed by atoms with van der Waals surface area (Å²) in [5.74, 6) is -5.23. The predicted molar refractivity (Wildman–Crippen MR) is 103 cm³/mol. The molecule has 0 radical (unpaired) electrons. The van der Waals surface area contributed by atoms with Gasteiger partial charge in [0.25, 0.3) is 0 Å². The maximum atomic E-state index is 13.8. The van der Waals surface area contributed by atoms with Gasteiger partial charge in [0.2, 0.25) is 0 Å². The normalized spacial score (nSPS) is 13.4. The minimum absolute atomic E-state index is 0.00454. The number of pyridine rings is 1. The van der Waals surface area contributed by atoms with E-state index < -0.39 is 27.6 Å². The van der Waals surface area contributed by atoms with E-state index in [0.29, 0.717) is 14.2 Å². The van der Waals surface area contributed by atoms with Crippen molar-refractivity contribution in [3.63, 3.8) is 0 Å². The van der Waals surface area contributed by atoms with Gasteiger partial charge < -0.3 is 9.13 Å². The standard InChI is InChI=1S/C16H14F5IN4O2S/c1-4-29(27,28)10-5-8(22)7-23-12(10)13-24-9-6-11(15(17,18)16(19,20)21)25(2)14(9)26(13)3/h5-7H,4H2,1-3H3. The minimum Gasteiger partial charge on any atom is -0.327 e. The molecule has 0 atom stereocenters. The lowest BCUT2D eigenvalue weighted by atomic mass is 10.2. The average molecular weight is 548 g/mol. The monoisotopic (exact) mass is 548 g/mol. The molecule has 3 rings (SSSR count). The van der Waals surface area contributed by atoms with Crippen molar-refractivity contribution in [2.75, 3.05) is 5.75 Å². The van der Waals surface area contributed by atoms with Crippen molar-refractivity contribution < 1.29 is 30.4 Å². The van der Waals surface area contributed by atoms with Crippen molar-refractivity contribution in [1.29, 1.82) is 0 Å². The third kappa shape index (κ3) is 3.41. The van der Waals surface area contributed by atoms with Crippen molar-refractivity contribution >= 4 is 43.6 Å². The van der Waals surface area contributed by atoms with E-state index in [4.69, 9.17) is 0 Å². The van der Waals surface area contributed by atoms with Crippen LogP contribution in [-0.2, 0) is 29.9 Å². The molecule has 0 unspecified atom stereocenters. The molecule has 3 aromatic heterocycles. The van der Waals surface area contributed by atoms with Crippen molar-refractivity contribution in [1.82, 2.24) is 19.1 Å². The number of sulfone groups is 1. The highest BCUT2D eigenvalue weighted by Crippen LogP contribution is 2.45. The Labute approximate surface area is 175 Å². The molecular formula is C16H14F5IN4O2S. The Kier molecular flexibility index (Phi) is 5.21. The second-order valence-corrected chi connectivity index (χ2v) is 9.76. The highest BCUT2D eigenvalue weighted by molar-refractivity contribution is 14.1. The summed E-state index contributed by atoms with van der Waals surface area (Å²) in [5, 5.41) is 0. The molecule has 158 valence electrons. The molecule has 0 saturated heterocycles. The molecule has 0 aliphatic carbocycles. The lowest BCUT2D eigenvalue weighted by Gasteiger charge is -2.20. The molecule has 6 nitrogen and oxygen atoms in total. The molecule has 29 heavy (non-hydrogen) atoms. The van der Waals surface area contributed by atoms with Gasteiger partial charge in [0, 0.05) is 23.9 Å². The molecule has 0 fully saturated rings. The van der Waals surface area contributed by atoms with E-state index >= 15 is 0 Å². The van der Waals surface area contributed by atoms with Crippen LogP contribution in [-0.4, -0.2) is 39.4 Å². The lowest BCUT2D eigenvalue weighted by Crippen LogP contribution is -2.35. The van der Waals surface area contributed by atoms with Crippen LogP contribution in [0.5, 0.6) is 0 Å². The smallest absolute Gasteiger partial charge is 0.327 e. The molecule has 0 aliphatic rings. The second-order valence-electron chi connectivity index (χ2n) is 6.27. The molecule has 0 amide bonds. The molecule has 0 bridgehead atoms. The van der Waals surface area contributed by atoms with Gasteiger partial charge >= 0.3 is 12.1 Å². The van der Waals surface area contributed by atoms with Crippen LogP contribution in [0.2, 0.25) is 0 Å². The first kappa shape index (κ1) is 21.9. The molecule has 0 N–H and O–H groups in total. The number of aryl methyl sites for hydroxylation is 2. The summed E-state index contributed by atoms with van der Waals surface area (Å²) in [4.78, 5) is 8.15. The maximum Gasteiger partial charge on any atom is 0.459 e. The van der Waals surface area contributed by atoms with Crippen molar-refractivity contribution in [2.24, 2.45) is 14.1 Å². The Morgan fingerprint density at radius 1 is 1.10 bits per heavy atom. The fourth-order valence-electron chi connectivity index (χ4n) is 2.98. The Morgan fingerprint density at radius 3 is 2.24 bits per heavy atom. The lowest BCUT2D eigenvalue weighted by molar-refractivity contribution is -0.291. The van der Waals surface area contributed by atoms with E-state index in [9.17, 15) is 30.4 Å². The zero-order valence-corrected chi connectivity index (χ0v) is 18.2. The maximum absolute atomic E-state index is 13.8. The topological polar surface area (TPSA) is 69.8 Å². The van der Waals surface area contributed by atoms with Crippen LogP contribution < -0.4 is 0 Å². The fourth-order valence-corrected chi connectivity index (χ4v) is 4.70. The largest absolute Gasteiger partial charge is 0.459 e. The van der Waals surface area contributed by atoms with E-state index in [1.54, 1.807) is 0 Å². The summed E-state index contributed by atoms with van der Waals surface area (Å²) in [7, 11) is -1.24. The van der Waals surface area contributed by atoms with Crippen molar-refractivity contribution in [3.05, 3.63) is 27.6 Å². The van der Waals surface area contributed by atoms with Crippen molar-refractivity contribution in [3.8, 4) is 11.5 Å². The number of rotatable bonds is 4. The van der Waals surface area contributed by atoms with Crippen LogP contribution in [0.25, 0.3) is 22.7 Å². The first-order chi connectivity index (χ1) is 13.2. The van der Waals surface area contributed by atoms with Crippen LogP contribution in [0.3, 0.4) is 0 Å². The first-order valence-corrected chi connectivity index (χ1v) is 10.8. The number of fused-ring (bicyclic) bond motifs is 1. The summed E-state index contributed by atoms with van der Waals surface area (Å²) in [6, 6.07) is 2.05. The molecule has 13 heteroatoms. The van der Waals surface area contributed by atoms with Gasteiger partial charge in [-0.05, 0) is 34.7 Å². The summed E-state index contributed by atoms with van der Waals surface area (Å²) in [6.45, 7) is 1.46. The third-order valence-corrected chi connectivity index (χ3v) is 6.80. The number of imidazole rings is 1. The highest BCUT2D eigenvalue weighted by Gasteiger charge is 2.60. The highest BCUT2D eigenvalue weighted by atomic mass is 127. The molecule has 0 aromatic carbocycles. The molecule has 3 heterocycles. The minimum atomic E-state index is -5.77. The van der Waals surface area contributed by atoms with Gasteiger partial charge in [0.15, 0.2) is 15.7 Å². The number of halogens is 6. The summed E-state index contributed by atoms with van der Waals surface area (Å²) < 4.78 is 93.4. The van der Waals surface area contributed by atoms with Gasteiger partial charge in [0.1, 0.15) is 22.6 Å². The van der Waals surface area contributed by atoms with Gasteiger partial charge in [-0.1, -0.05) is 6.92 Å². The van der Waals surface area contributed by atoms with E-state index in [1.165, 1.54) is 30.8 Å². The zero-order chi connectivity index (χ0) is 21.9. The number of aromatic nitrogens is 4. The van der Waals surface area contributed by atoms with E-state index in [0.717, 1.165) is 7.05 Å². The van der Waals surface area contributed by atoms with Gasteiger partial charge in [-0.25, -0.2) is 13.4 Å². The van der Waals surface area contributed by atoms with E-state index in [-0.39, 0.29) is 33.3 Å². The van der Waals surface area contributed by atoms with Crippen LogP contribution in [0.4, 0.5) is 22.0 Å². The fraction of sp³-hybridized carbons (Fsp3) is 0.375. The average Bonchev–Trinajstić information content (AvgIpc) is 3.11. The predicted octanol–water partition coefficient (Wildman–Crippen LogP) is 4.03. The van der Waals surface area contributed by atoms with E-state index in [1.807, 2.05) is 22.6 Å². The molecule has 0 saturated carbocycles. The van der Waals surface area contributed by atoms with E-state index in [2.05, 4.69) is 9.97 Å². The molecule has 3 aromatic rings. The van der Waals surface area contributed by atoms with Crippen LogP contribution in [0.1, 0.15) is 12.6 Å². The zero-order valence-electron chi connectivity index (χ0n) is 15.2. The quantitative estimate of drug-likeness (QED) is 0.365. The summed E-state index contributed by atoms with van der Waals surface area (Å²) >= 11 is 1.90. The summed E-state index contributed by atoms with van der Waals surface area (Å²) in [6.07, 6.45) is -4.36. The Morgan fingerprint density at radius 2 is 1.72 bits per heavy atom. The number of alkyl halides is 5. The molecular weight excluding hydrogens is 534 g/mol. The first-order valence-electron chi connectivity index (χ1n) is 8.08. The number of nitrogens with zero attached hydrogens (tertiary/aromatic N) is 4. The molecule has 0 aliphatic heterocycles.